The summed E-state index contributed by atoms with van der Waals surface area (Å²) in [6.07, 6.45) is 2.71. The van der Waals surface area contributed by atoms with E-state index in [-0.39, 0.29) is 24.5 Å². The van der Waals surface area contributed by atoms with Crippen LogP contribution in [-0.4, -0.2) is 40.1 Å². The maximum Gasteiger partial charge on any atom is 0.268 e. The topological polar surface area (TPSA) is 74.1 Å². The number of alkyl halides is 2. The monoisotopic (exact) mass is 445 g/mol. The molecule has 1 aliphatic rings. The first-order chi connectivity index (χ1) is 14.7. The van der Waals surface area contributed by atoms with Gasteiger partial charge in [-0.25, -0.2) is 8.78 Å². The van der Waals surface area contributed by atoms with Crippen LogP contribution in [0.5, 0.6) is 0 Å². The molecule has 0 radical (unpaired) electrons. The number of aromatic nitrogens is 1. The molecule has 162 valence electrons. The number of rotatable bonds is 7. The number of halogens is 3. The van der Waals surface area contributed by atoms with Crippen molar-refractivity contribution in [3.05, 3.63) is 64.4 Å². The van der Waals surface area contributed by atoms with Crippen LogP contribution in [0.2, 0.25) is 5.02 Å². The van der Waals surface area contributed by atoms with E-state index in [0.29, 0.717) is 17.0 Å². The summed E-state index contributed by atoms with van der Waals surface area (Å²) < 4.78 is 27.1. The molecule has 1 unspecified atom stereocenters. The van der Waals surface area contributed by atoms with Crippen LogP contribution >= 0.6 is 11.6 Å². The lowest BCUT2D eigenvalue weighted by molar-refractivity contribution is -0.132. The second-order valence-corrected chi connectivity index (χ2v) is 8.28. The lowest BCUT2D eigenvalue weighted by Gasteiger charge is -2.19. The first kappa shape index (κ1) is 22.8. The Bertz CT molecular complexity index is 1000. The number of benzene rings is 1. The van der Waals surface area contributed by atoms with E-state index in [1.807, 2.05) is 31.2 Å². The fourth-order valence-corrected chi connectivity index (χ4v) is 3.92. The number of likely N-dealkylation sites (tertiary alicyclic amines) is 1. The molecule has 3 rings (SSSR count). The summed E-state index contributed by atoms with van der Waals surface area (Å²) >= 11 is 5.94. The van der Waals surface area contributed by atoms with Crippen LogP contribution in [0.25, 0.3) is 0 Å². The van der Waals surface area contributed by atoms with Crippen LogP contribution in [0.3, 0.4) is 0 Å². The fourth-order valence-electron chi connectivity index (χ4n) is 3.79. The third-order valence-corrected chi connectivity index (χ3v) is 5.73. The zero-order chi connectivity index (χ0) is 22.6. The average molecular weight is 446 g/mol. The molecule has 0 aliphatic carbocycles. The molecular formula is C23H22ClF2N3O2. The van der Waals surface area contributed by atoms with E-state index < -0.39 is 30.8 Å². The maximum absolute atomic E-state index is 13.6. The van der Waals surface area contributed by atoms with Gasteiger partial charge in [0.15, 0.2) is 5.78 Å². The van der Waals surface area contributed by atoms with Crippen molar-refractivity contribution in [2.45, 2.75) is 50.5 Å². The molecule has 0 spiro atoms. The van der Waals surface area contributed by atoms with E-state index >= 15 is 0 Å². The van der Waals surface area contributed by atoms with Crippen molar-refractivity contribution in [3.8, 4) is 6.07 Å². The standard InChI is InChI=1S/C23H22ClF2N3O2/c1-15(16-2-4-18(24)5-3-16)10-17-13-28-9-8-20(17)21(30)6-7-22(31)29-14-23(25,26)11-19(29)12-27/h2-5,8-9,13,15,19H,6-7,10-11,14H2,1H3/t15?,19-/m0/s1. The number of hydrogen-bond donors (Lipinski definition) is 0. The van der Waals surface area contributed by atoms with Crippen molar-refractivity contribution in [1.29, 1.82) is 5.26 Å². The molecule has 5 nitrogen and oxygen atoms in total. The highest BCUT2D eigenvalue weighted by Crippen LogP contribution is 2.32. The van der Waals surface area contributed by atoms with E-state index in [1.54, 1.807) is 18.3 Å². The van der Waals surface area contributed by atoms with E-state index in [2.05, 4.69) is 4.98 Å². The van der Waals surface area contributed by atoms with Gasteiger partial charge in [-0.2, -0.15) is 5.26 Å². The lowest BCUT2D eigenvalue weighted by atomic mass is 9.91. The minimum absolute atomic E-state index is 0.109. The third-order valence-electron chi connectivity index (χ3n) is 5.47. The summed E-state index contributed by atoms with van der Waals surface area (Å²) in [6.45, 7) is 1.25. The van der Waals surface area contributed by atoms with Crippen LogP contribution in [0.15, 0.2) is 42.7 Å². The Hall–Kier alpha value is -2.85. The molecule has 31 heavy (non-hydrogen) atoms. The summed E-state index contributed by atoms with van der Waals surface area (Å²) in [5.41, 5.74) is 2.29. The van der Waals surface area contributed by atoms with Gasteiger partial charge in [-0.3, -0.25) is 14.6 Å². The lowest BCUT2D eigenvalue weighted by Crippen LogP contribution is -2.36. The van der Waals surface area contributed by atoms with Gasteiger partial charge in [0, 0.05) is 42.2 Å². The van der Waals surface area contributed by atoms with E-state index in [1.165, 1.54) is 6.20 Å². The highest BCUT2D eigenvalue weighted by atomic mass is 35.5. The number of Topliss-reactive ketones (excluding diaryl/α,β-unsaturated/α-hetero) is 1. The average Bonchev–Trinajstić information content (AvgIpc) is 3.07. The number of carbonyl (C=O) groups is 2. The summed E-state index contributed by atoms with van der Waals surface area (Å²) in [5.74, 6) is -3.83. The molecule has 0 saturated carbocycles. The predicted molar refractivity (Wildman–Crippen MR) is 112 cm³/mol. The van der Waals surface area contributed by atoms with Gasteiger partial charge in [0.25, 0.3) is 5.92 Å². The Morgan fingerprint density at radius 1 is 1.29 bits per heavy atom. The van der Waals surface area contributed by atoms with Gasteiger partial charge < -0.3 is 4.90 Å². The summed E-state index contributed by atoms with van der Waals surface area (Å²) in [5, 5.41) is 9.69. The zero-order valence-corrected chi connectivity index (χ0v) is 17.8. The zero-order valence-electron chi connectivity index (χ0n) is 17.0. The van der Waals surface area contributed by atoms with E-state index in [4.69, 9.17) is 16.9 Å². The maximum atomic E-state index is 13.6. The van der Waals surface area contributed by atoms with Crippen LogP contribution in [-0.2, 0) is 11.2 Å². The van der Waals surface area contributed by atoms with Crippen molar-refractivity contribution >= 4 is 23.3 Å². The Balaban J connectivity index is 1.65. The quantitative estimate of drug-likeness (QED) is 0.573. The second kappa shape index (κ2) is 9.52. The molecule has 2 atom stereocenters. The van der Waals surface area contributed by atoms with Gasteiger partial charge in [-0.1, -0.05) is 30.7 Å². The molecule has 1 aromatic heterocycles. The van der Waals surface area contributed by atoms with Gasteiger partial charge in [0.05, 0.1) is 12.6 Å². The van der Waals surface area contributed by atoms with Gasteiger partial charge >= 0.3 is 0 Å². The predicted octanol–water partition coefficient (Wildman–Crippen LogP) is 4.80. The number of carbonyl (C=O) groups excluding carboxylic acids is 2. The number of nitrogens with zero attached hydrogens (tertiary/aromatic N) is 3. The van der Waals surface area contributed by atoms with E-state index in [9.17, 15) is 18.4 Å². The smallest absolute Gasteiger partial charge is 0.268 e. The van der Waals surface area contributed by atoms with Gasteiger partial charge in [0.2, 0.25) is 5.91 Å². The van der Waals surface area contributed by atoms with Crippen LogP contribution in [0.4, 0.5) is 8.78 Å². The minimum atomic E-state index is -3.07. The Kier molecular flexibility index (Phi) is 7.01. The third kappa shape index (κ3) is 5.65. The van der Waals surface area contributed by atoms with Crippen molar-refractivity contribution in [2.75, 3.05) is 6.54 Å². The summed E-state index contributed by atoms with van der Waals surface area (Å²) in [4.78, 5) is 30.2. The SMILES string of the molecule is CC(Cc1cnccc1C(=O)CCC(=O)N1CC(F)(F)C[C@H]1C#N)c1ccc(Cl)cc1. The van der Waals surface area contributed by atoms with Crippen molar-refractivity contribution in [3.63, 3.8) is 0 Å². The molecular weight excluding hydrogens is 424 g/mol. The van der Waals surface area contributed by atoms with Gasteiger partial charge in [0.1, 0.15) is 6.04 Å². The first-order valence-electron chi connectivity index (χ1n) is 9.98. The Morgan fingerprint density at radius 2 is 2.00 bits per heavy atom. The molecule has 1 amide bonds. The Morgan fingerprint density at radius 3 is 2.68 bits per heavy atom. The summed E-state index contributed by atoms with van der Waals surface area (Å²) in [6, 6.07) is 9.68. The van der Waals surface area contributed by atoms with Crippen LogP contribution in [0.1, 0.15) is 53.6 Å². The molecule has 8 heteroatoms. The van der Waals surface area contributed by atoms with Crippen LogP contribution in [0, 0.1) is 11.3 Å². The molecule has 1 fully saturated rings. The molecule has 2 aromatic rings. The van der Waals surface area contributed by atoms with Gasteiger partial charge in [-0.05, 0) is 41.7 Å². The Labute approximate surface area is 184 Å². The highest BCUT2D eigenvalue weighted by molar-refractivity contribution is 6.30. The highest BCUT2D eigenvalue weighted by Gasteiger charge is 2.47. The van der Waals surface area contributed by atoms with E-state index in [0.717, 1.165) is 16.0 Å². The molecule has 1 saturated heterocycles. The molecule has 0 N–H and O–H groups in total. The number of pyridine rings is 1. The fraction of sp³-hybridized carbons (Fsp3) is 0.391. The number of hydrogen-bond acceptors (Lipinski definition) is 4. The van der Waals surface area contributed by atoms with Crippen molar-refractivity contribution < 1.29 is 18.4 Å². The number of nitriles is 1. The first-order valence-corrected chi connectivity index (χ1v) is 10.4. The van der Waals surface area contributed by atoms with Crippen molar-refractivity contribution in [2.24, 2.45) is 0 Å². The summed E-state index contributed by atoms with van der Waals surface area (Å²) in [7, 11) is 0. The molecule has 1 aromatic carbocycles. The second-order valence-electron chi connectivity index (χ2n) is 7.84. The number of ketones is 1. The van der Waals surface area contributed by atoms with Crippen LogP contribution < -0.4 is 0 Å². The van der Waals surface area contributed by atoms with Gasteiger partial charge in [-0.15, -0.1) is 0 Å². The normalized spacial score (nSPS) is 18.4. The molecule has 2 heterocycles. The minimum Gasteiger partial charge on any atom is -0.320 e. The van der Waals surface area contributed by atoms with Crippen molar-refractivity contribution in [1.82, 2.24) is 9.88 Å². The molecule has 1 aliphatic heterocycles. The largest absolute Gasteiger partial charge is 0.320 e. The number of amides is 1. The molecule has 0 bridgehead atoms.